The number of anilines is 1. The zero-order valence-electron chi connectivity index (χ0n) is 11.2. The summed E-state index contributed by atoms with van der Waals surface area (Å²) in [5, 5.41) is 4.85. The summed E-state index contributed by atoms with van der Waals surface area (Å²) in [6, 6.07) is 6.84. The second-order valence-electron chi connectivity index (χ2n) is 4.44. The van der Waals surface area contributed by atoms with Gasteiger partial charge in [0.05, 0.1) is 6.54 Å². The molecule has 0 saturated carbocycles. The van der Waals surface area contributed by atoms with E-state index in [0.717, 1.165) is 18.7 Å². The van der Waals surface area contributed by atoms with Crippen LogP contribution in [0.15, 0.2) is 24.3 Å². The molecule has 0 heterocycles. The van der Waals surface area contributed by atoms with Crippen LogP contribution < -0.4 is 10.6 Å². The van der Waals surface area contributed by atoms with Crippen molar-refractivity contribution in [1.29, 1.82) is 0 Å². The van der Waals surface area contributed by atoms with E-state index in [1.165, 1.54) is 6.92 Å². The number of quaternary nitrogens is 1. The smallest absolute Gasteiger partial charge is 0.282 e. The third kappa shape index (κ3) is 4.30. The molecule has 1 aromatic carbocycles. The van der Waals surface area contributed by atoms with Gasteiger partial charge in [-0.05, 0) is 44.5 Å². The molecule has 3 N–H and O–H groups in total. The molecule has 1 rings (SSSR count). The fourth-order valence-corrected chi connectivity index (χ4v) is 1.57. The molecular weight excluding hydrogens is 228 g/mol. The van der Waals surface area contributed by atoms with Crippen LogP contribution in [-0.4, -0.2) is 24.3 Å². The maximum Gasteiger partial charge on any atom is 0.282 e. The number of nitrogens with one attached hydrogen (secondary N) is 1. The number of ketones is 1. The minimum atomic E-state index is -0.0996. The number of rotatable bonds is 6. The van der Waals surface area contributed by atoms with Crippen molar-refractivity contribution >= 4 is 17.4 Å². The highest BCUT2D eigenvalue weighted by Gasteiger charge is 2.15. The third-order valence-electron chi connectivity index (χ3n) is 2.78. The lowest BCUT2D eigenvalue weighted by Gasteiger charge is -2.11. The van der Waals surface area contributed by atoms with Crippen molar-refractivity contribution in [3.63, 3.8) is 0 Å². The lowest BCUT2D eigenvalue weighted by molar-refractivity contribution is -0.673. The van der Waals surface area contributed by atoms with E-state index in [9.17, 15) is 9.59 Å². The fourth-order valence-electron chi connectivity index (χ4n) is 1.57. The lowest BCUT2D eigenvalue weighted by Crippen LogP contribution is -2.91. The highest BCUT2D eigenvalue weighted by molar-refractivity contribution is 5.96. The summed E-state index contributed by atoms with van der Waals surface area (Å²) in [5.74, 6) is 0.0107. The van der Waals surface area contributed by atoms with E-state index in [1.54, 1.807) is 24.3 Å². The number of hydrogen-bond donors (Lipinski definition) is 2. The summed E-state index contributed by atoms with van der Waals surface area (Å²) in [6.07, 6.45) is 1.05. The van der Waals surface area contributed by atoms with Crippen molar-refractivity contribution in [1.82, 2.24) is 0 Å². The first-order chi connectivity index (χ1) is 8.54. The van der Waals surface area contributed by atoms with Crippen molar-refractivity contribution in [3.8, 4) is 0 Å². The molecule has 98 valence electrons. The van der Waals surface area contributed by atoms with Crippen molar-refractivity contribution in [3.05, 3.63) is 29.8 Å². The number of nitrogens with two attached hydrogens (primary N) is 1. The minimum absolute atomic E-state index is 0.0148. The second kappa shape index (κ2) is 6.91. The number of hydrogen-bond acceptors (Lipinski definition) is 2. The maximum atomic E-state index is 11.8. The molecule has 0 fully saturated rings. The van der Waals surface area contributed by atoms with Gasteiger partial charge in [0.25, 0.3) is 5.91 Å². The summed E-state index contributed by atoms with van der Waals surface area (Å²) in [7, 11) is 0. The van der Waals surface area contributed by atoms with Crippen LogP contribution in [0.2, 0.25) is 0 Å². The Morgan fingerprint density at radius 2 is 1.89 bits per heavy atom. The Morgan fingerprint density at radius 3 is 2.39 bits per heavy atom. The van der Waals surface area contributed by atoms with Gasteiger partial charge in [0.1, 0.15) is 0 Å². The van der Waals surface area contributed by atoms with Crippen LogP contribution in [0.3, 0.4) is 0 Å². The van der Waals surface area contributed by atoms with E-state index in [2.05, 4.69) is 12.2 Å². The monoisotopic (exact) mass is 249 g/mol. The van der Waals surface area contributed by atoms with Crippen LogP contribution >= 0.6 is 0 Å². The summed E-state index contributed by atoms with van der Waals surface area (Å²) in [6.45, 7) is 6.43. The highest BCUT2D eigenvalue weighted by Crippen LogP contribution is 2.10. The predicted octanol–water partition coefficient (Wildman–Crippen LogP) is 1.19. The number of carbonyl (C=O) groups is 2. The molecule has 0 spiro atoms. The summed E-state index contributed by atoms with van der Waals surface area (Å²) < 4.78 is 0. The number of amides is 1. The van der Waals surface area contributed by atoms with Crippen LogP contribution in [0.4, 0.5) is 5.69 Å². The Bertz CT molecular complexity index is 412. The average molecular weight is 249 g/mol. The first-order valence-corrected chi connectivity index (χ1v) is 6.29. The zero-order valence-corrected chi connectivity index (χ0v) is 11.2. The summed E-state index contributed by atoms with van der Waals surface area (Å²) >= 11 is 0. The van der Waals surface area contributed by atoms with Gasteiger partial charge in [0.15, 0.2) is 11.8 Å². The Morgan fingerprint density at radius 1 is 1.28 bits per heavy atom. The highest BCUT2D eigenvalue weighted by atomic mass is 16.2. The Hall–Kier alpha value is -1.68. The van der Waals surface area contributed by atoms with Gasteiger partial charge in [-0.15, -0.1) is 0 Å². The van der Waals surface area contributed by atoms with Gasteiger partial charge in [-0.25, -0.2) is 0 Å². The van der Waals surface area contributed by atoms with Crippen molar-refractivity contribution < 1.29 is 14.9 Å². The standard InChI is InChI=1S/C14H20N2O2/c1-4-9-15-10(2)14(18)16-13-7-5-12(6-8-13)11(3)17/h5-8,10,15H,4,9H2,1-3H3,(H,16,18)/p+1/t10-/m0/s1. The molecule has 1 amide bonds. The zero-order chi connectivity index (χ0) is 13.5. The van der Waals surface area contributed by atoms with E-state index in [-0.39, 0.29) is 17.7 Å². The maximum absolute atomic E-state index is 11.8. The number of Topliss-reactive ketones (excluding diaryl/α,β-unsaturated/α-hetero) is 1. The molecule has 0 aliphatic heterocycles. The van der Waals surface area contributed by atoms with Gasteiger partial charge in [0, 0.05) is 11.3 Å². The van der Waals surface area contributed by atoms with Crippen molar-refractivity contribution in [2.45, 2.75) is 33.2 Å². The number of benzene rings is 1. The molecule has 0 aromatic heterocycles. The van der Waals surface area contributed by atoms with Crippen molar-refractivity contribution in [2.75, 3.05) is 11.9 Å². The minimum Gasteiger partial charge on any atom is -0.336 e. The van der Waals surface area contributed by atoms with Crippen LogP contribution in [0.1, 0.15) is 37.6 Å². The van der Waals surface area contributed by atoms with Gasteiger partial charge in [0.2, 0.25) is 0 Å². The SMILES string of the molecule is CCC[NH2+][C@@H](C)C(=O)Nc1ccc(C(C)=O)cc1. The predicted molar refractivity (Wildman–Crippen MR) is 71.6 cm³/mol. The molecule has 1 aromatic rings. The molecular formula is C14H21N2O2+. The topological polar surface area (TPSA) is 62.8 Å². The molecule has 0 unspecified atom stereocenters. The van der Waals surface area contributed by atoms with Crippen molar-refractivity contribution in [2.24, 2.45) is 0 Å². The summed E-state index contributed by atoms with van der Waals surface area (Å²) in [4.78, 5) is 22.9. The normalized spacial score (nSPS) is 11.9. The first kappa shape index (κ1) is 14.4. The van der Waals surface area contributed by atoms with E-state index < -0.39 is 0 Å². The lowest BCUT2D eigenvalue weighted by atomic mass is 10.1. The molecule has 1 atom stereocenters. The summed E-state index contributed by atoms with van der Waals surface area (Å²) in [5.41, 5.74) is 1.38. The van der Waals surface area contributed by atoms with Crippen LogP contribution in [0.25, 0.3) is 0 Å². The molecule has 18 heavy (non-hydrogen) atoms. The molecule has 4 nitrogen and oxygen atoms in total. The Balaban J connectivity index is 2.56. The Labute approximate surface area is 108 Å². The largest absolute Gasteiger partial charge is 0.336 e. The van der Waals surface area contributed by atoms with Gasteiger partial charge in [-0.3, -0.25) is 9.59 Å². The van der Waals surface area contributed by atoms with E-state index in [4.69, 9.17) is 0 Å². The quantitative estimate of drug-likeness (QED) is 0.744. The van der Waals surface area contributed by atoms with Crippen LogP contribution in [0, 0.1) is 0 Å². The van der Waals surface area contributed by atoms with Crippen LogP contribution in [-0.2, 0) is 4.79 Å². The van der Waals surface area contributed by atoms with Gasteiger partial charge < -0.3 is 10.6 Å². The Kier molecular flexibility index (Phi) is 5.52. The van der Waals surface area contributed by atoms with E-state index in [0.29, 0.717) is 5.56 Å². The van der Waals surface area contributed by atoms with Crippen LogP contribution in [0.5, 0.6) is 0 Å². The molecule has 4 heteroatoms. The third-order valence-corrected chi connectivity index (χ3v) is 2.78. The molecule has 0 bridgehead atoms. The van der Waals surface area contributed by atoms with E-state index >= 15 is 0 Å². The van der Waals surface area contributed by atoms with E-state index in [1.807, 2.05) is 12.2 Å². The molecule has 0 saturated heterocycles. The van der Waals surface area contributed by atoms with Gasteiger partial charge in [-0.2, -0.15) is 0 Å². The van der Waals surface area contributed by atoms with Gasteiger partial charge >= 0.3 is 0 Å². The fraction of sp³-hybridized carbons (Fsp3) is 0.429. The molecule has 0 radical (unpaired) electrons. The molecule has 0 aliphatic rings. The molecule has 0 aliphatic carbocycles. The average Bonchev–Trinajstić information content (AvgIpc) is 2.36. The first-order valence-electron chi connectivity index (χ1n) is 6.29. The second-order valence-corrected chi connectivity index (χ2v) is 4.44. The van der Waals surface area contributed by atoms with Gasteiger partial charge in [-0.1, -0.05) is 6.92 Å². The number of carbonyl (C=O) groups excluding carboxylic acids is 2.